The van der Waals surface area contributed by atoms with Gasteiger partial charge in [-0.25, -0.2) is 4.79 Å². The van der Waals surface area contributed by atoms with Crippen LogP contribution >= 0.6 is 12.2 Å². The van der Waals surface area contributed by atoms with Crippen molar-refractivity contribution in [1.82, 2.24) is 10.6 Å². The van der Waals surface area contributed by atoms with Crippen molar-refractivity contribution in [3.63, 3.8) is 0 Å². The summed E-state index contributed by atoms with van der Waals surface area (Å²) in [6.07, 6.45) is 3.85. The lowest BCUT2D eigenvalue weighted by Crippen LogP contribution is -2.48. The van der Waals surface area contributed by atoms with Gasteiger partial charge in [0.05, 0.1) is 18.7 Å². The highest BCUT2D eigenvalue weighted by molar-refractivity contribution is 7.80. The van der Waals surface area contributed by atoms with Crippen molar-refractivity contribution < 1.29 is 9.53 Å². The van der Waals surface area contributed by atoms with Crippen LogP contribution in [0.5, 0.6) is 0 Å². The average molecular weight is 288 g/mol. The van der Waals surface area contributed by atoms with Crippen LogP contribution in [0.25, 0.3) is 6.08 Å². The van der Waals surface area contributed by atoms with Gasteiger partial charge in [0.25, 0.3) is 0 Å². The molecule has 1 aromatic carbocycles. The number of methoxy groups -OCH3 is 1. The van der Waals surface area contributed by atoms with Crippen LogP contribution in [0.15, 0.2) is 47.7 Å². The molecule has 1 aromatic rings. The first-order chi connectivity index (χ1) is 9.61. The van der Waals surface area contributed by atoms with Crippen molar-refractivity contribution in [2.75, 3.05) is 7.11 Å². The monoisotopic (exact) mass is 288 g/mol. The van der Waals surface area contributed by atoms with Gasteiger partial charge < -0.3 is 15.4 Å². The number of rotatable bonds is 3. The Bertz CT molecular complexity index is 579. The second-order valence-electron chi connectivity index (χ2n) is 4.38. The third-order valence-electron chi connectivity index (χ3n) is 2.99. The topological polar surface area (TPSA) is 50.4 Å². The molecule has 0 radical (unpaired) electrons. The molecule has 1 heterocycles. The van der Waals surface area contributed by atoms with Gasteiger partial charge in [0.15, 0.2) is 5.11 Å². The lowest BCUT2D eigenvalue weighted by Gasteiger charge is -2.27. The highest BCUT2D eigenvalue weighted by atomic mass is 32.1. The Morgan fingerprint density at radius 3 is 2.70 bits per heavy atom. The minimum absolute atomic E-state index is 0.295. The zero-order valence-electron chi connectivity index (χ0n) is 11.3. The van der Waals surface area contributed by atoms with Gasteiger partial charge in [0.1, 0.15) is 0 Å². The number of thiocarbonyl (C=S) groups is 1. The first kappa shape index (κ1) is 14.3. The van der Waals surface area contributed by atoms with Gasteiger partial charge in [-0.3, -0.25) is 0 Å². The molecule has 1 aliphatic heterocycles. The number of esters is 1. The molecule has 0 aliphatic carbocycles. The van der Waals surface area contributed by atoms with Crippen molar-refractivity contribution in [2.45, 2.75) is 13.0 Å². The Balaban J connectivity index is 2.28. The Morgan fingerprint density at radius 2 is 2.05 bits per heavy atom. The molecule has 20 heavy (non-hydrogen) atoms. The van der Waals surface area contributed by atoms with Crippen LogP contribution in [0.4, 0.5) is 0 Å². The summed E-state index contributed by atoms with van der Waals surface area (Å²) in [6, 6.07) is 9.56. The second-order valence-corrected chi connectivity index (χ2v) is 4.78. The number of benzene rings is 1. The molecule has 104 valence electrons. The Hall–Kier alpha value is -2.14. The van der Waals surface area contributed by atoms with Gasteiger partial charge in [0, 0.05) is 5.70 Å². The predicted molar refractivity (Wildman–Crippen MR) is 82.8 cm³/mol. The van der Waals surface area contributed by atoms with Gasteiger partial charge in [-0.15, -0.1) is 0 Å². The van der Waals surface area contributed by atoms with Crippen LogP contribution < -0.4 is 10.6 Å². The summed E-state index contributed by atoms with van der Waals surface area (Å²) in [5.41, 5.74) is 2.30. The Labute approximate surface area is 123 Å². The van der Waals surface area contributed by atoms with E-state index in [1.807, 2.05) is 49.4 Å². The zero-order valence-corrected chi connectivity index (χ0v) is 12.2. The molecule has 1 aliphatic rings. The summed E-state index contributed by atoms with van der Waals surface area (Å²) >= 11 is 5.12. The summed E-state index contributed by atoms with van der Waals surface area (Å²) in [5, 5.41) is 6.49. The van der Waals surface area contributed by atoms with E-state index < -0.39 is 0 Å². The molecule has 0 aromatic heterocycles. The standard InChI is InChI=1S/C15H16N2O2S/c1-10-13(14(18)19-2)12(17-15(20)16-10)9-8-11-6-4-3-5-7-11/h3-9,12H,1-2H3,(H2,16,17,20)/b9-8+/t12-/m1/s1. The van der Waals surface area contributed by atoms with Crippen molar-refractivity contribution in [2.24, 2.45) is 0 Å². The first-order valence-corrected chi connectivity index (χ1v) is 6.62. The summed E-state index contributed by atoms with van der Waals surface area (Å²) < 4.78 is 4.82. The molecule has 0 bridgehead atoms. The molecule has 1 atom stereocenters. The molecule has 0 saturated heterocycles. The van der Waals surface area contributed by atoms with Crippen LogP contribution in [-0.4, -0.2) is 24.2 Å². The molecule has 0 spiro atoms. The van der Waals surface area contributed by atoms with Crippen molar-refractivity contribution in [1.29, 1.82) is 0 Å². The van der Waals surface area contributed by atoms with Crippen LogP contribution in [0.1, 0.15) is 12.5 Å². The van der Waals surface area contributed by atoms with E-state index >= 15 is 0 Å². The largest absolute Gasteiger partial charge is 0.466 e. The summed E-state index contributed by atoms with van der Waals surface area (Å²) in [7, 11) is 1.37. The van der Waals surface area contributed by atoms with Crippen LogP contribution in [0.2, 0.25) is 0 Å². The maximum absolute atomic E-state index is 11.9. The first-order valence-electron chi connectivity index (χ1n) is 6.21. The third-order valence-corrected chi connectivity index (χ3v) is 3.21. The lowest BCUT2D eigenvalue weighted by atomic mass is 10.0. The van der Waals surface area contributed by atoms with E-state index in [0.29, 0.717) is 16.4 Å². The van der Waals surface area contributed by atoms with E-state index in [1.54, 1.807) is 0 Å². The number of carbonyl (C=O) groups excluding carboxylic acids is 1. The molecule has 5 heteroatoms. The van der Waals surface area contributed by atoms with E-state index in [0.717, 1.165) is 5.56 Å². The predicted octanol–water partition coefficient (Wildman–Crippen LogP) is 1.99. The summed E-state index contributed by atoms with van der Waals surface area (Å²) in [4.78, 5) is 11.9. The molecular weight excluding hydrogens is 272 g/mol. The molecule has 0 fully saturated rings. The quantitative estimate of drug-likeness (QED) is 0.658. The van der Waals surface area contributed by atoms with Gasteiger partial charge in [0.2, 0.25) is 0 Å². The number of hydrogen-bond donors (Lipinski definition) is 2. The maximum Gasteiger partial charge on any atom is 0.337 e. The fraction of sp³-hybridized carbons (Fsp3) is 0.200. The van der Waals surface area contributed by atoms with E-state index in [1.165, 1.54) is 7.11 Å². The van der Waals surface area contributed by atoms with Gasteiger partial charge >= 0.3 is 5.97 Å². The van der Waals surface area contributed by atoms with Gasteiger partial charge in [-0.1, -0.05) is 42.5 Å². The number of hydrogen-bond acceptors (Lipinski definition) is 3. The van der Waals surface area contributed by atoms with Crippen LogP contribution in [-0.2, 0) is 9.53 Å². The Kier molecular flexibility index (Phi) is 4.53. The average Bonchev–Trinajstić information content (AvgIpc) is 2.45. The maximum atomic E-state index is 11.9. The Morgan fingerprint density at radius 1 is 1.35 bits per heavy atom. The zero-order chi connectivity index (χ0) is 14.5. The van der Waals surface area contributed by atoms with Crippen molar-refractivity contribution in [3.8, 4) is 0 Å². The van der Waals surface area contributed by atoms with E-state index in [2.05, 4.69) is 10.6 Å². The van der Waals surface area contributed by atoms with Crippen molar-refractivity contribution in [3.05, 3.63) is 53.2 Å². The fourth-order valence-electron chi connectivity index (χ4n) is 2.03. The van der Waals surface area contributed by atoms with E-state index in [4.69, 9.17) is 17.0 Å². The molecular formula is C15H16N2O2S. The van der Waals surface area contributed by atoms with E-state index in [9.17, 15) is 4.79 Å². The number of allylic oxidation sites excluding steroid dienone is 1. The highest BCUT2D eigenvalue weighted by Gasteiger charge is 2.27. The van der Waals surface area contributed by atoms with Crippen LogP contribution in [0.3, 0.4) is 0 Å². The van der Waals surface area contributed by atoms with E-state index in [-0.39, 0.29) is 12.0 Å². The van der Waals surface area contributed by atoms with Crippen LogP contribution in [0, 0.1) is 0 Å². The number of carbonyl (C=O) groups is 1. The molecule has 0 saturated carbocycles. The minimum atomic E-state index is -0.368. The normalized spacial score (nSPS) is 18.7. The highest BCUT2D eigenvalue weighted by Crippen LogP contribution is 2.16. The smallest absolute Gasteiger partial charge is 0.337 e. The molecule has 0 unspecified atom stereocenters. The molecule has 2 N–H and O–H groups in total. The number of nitrogens with one attached hydrogen (secondary N) is 2. The summed E-state index contributed by atoms with van der Waals surface area (Å²) in [5.74, 6) is -0.368. The minimum Gasteiger partial charge on any atom is -0.466 e. The SMILES string of the molecule is COC(=O)C1=C(C)NC(=S)N[C@@H]1/C=C/c1ccccc1. The summed E-state index contributed by atoms with van der Waals surface area (Å²) in [6.45, 7) is 1.81. The van der Waals surface area contributed by atoms with Gasteiger partial charge in [-0.2, -0.15) is 0 Å². The second kappa shape index (κ2) is 6.34. The molecule has 2 rings (SSSR count). The fourth-order valence-corrected chi connectivity index (χ4v) is 2.31. The van der Waals surface area contributed by atoms with Crippen molar-refractivity contribution >= 4 is 29.4 Å². The molecule has 4 nitrogen and oxygen atoms in total. The molecule has 0 amide bonds. The third kappa shape index (κ3) is 3.24. The van der Waals surface area contributed by atoms with Gasteiger partial charge in [-0.05, 0) is 24.7 Å². The lowest BCUT2D eigenvalue weighted by molar-refractivity contribution is -0.136. The number of ether oxygens (including phenoxy) is 1.